The number of nitrogens with zero attached hydrogens (tertiary/aromatic N) is 4. The van der Waals surface area contributed by atoms with Crippen LogP contribution in [0.1, 0.15) is 11.1 Å². The number of hydrogen-bond acceptors (Lipinski definition) is 4. The first kappa shape index (κ1) is 16.2. The number of ether oxygens (including phenoxy) is 1. The van der Waals surface area contributed by atoms with Crippen LogP contribution in [-0.2, 0) is 13.7 Å². The van der Waals surface area contributed by atoms with E-state index in [0.29, 0.717) is 10.8 Å². The fraction of sp³-hybridized carbons (Fsp3) is 0.188. The number of benzene rings is 2. The van der Waals surface area contributed by atoms with Crippen LogP contribution in [0.4, 0.5) is 4.39 Å². The summed E-state index contributed by atoms with van der Waals surface area (Å²) in [6.07, 6.45) is 0. The topological polar surface area (TPSA) is 61.9 Å². The predicted octanol–water partition coefficient (Wildman–Crippen LogP) is 2.65. The Morgan fingerprint density at radius 1 is 1.25 bits per heavy atom. The van der Waals surface area contributed by atoms with Gasteiger partial charge in [0.1, 0.15) is 18.2 Å². The Bertz CT molecular complexity index is 951. The molecule has 0 atom stereocenters. The number of aromatic nitrogens is 4. The average molecular weight is 349 g/mol. The summed E-state index contributed by atoms with van der Waals surface area (Å²) in [7, 11) is 1.47. The zero-order valence-corrected chi connectivity index (χ0v) is 13.8. The van der Waals surface area contributed by atoms with Gasteiger partial charge in [0.2, 0.25) is 0 Å². The molecule has 0 saturated heterocycles. The Hall–Kier alpha value is -2.67. The lowest BCUT2D eigenvalue weighted by atomic mass is 10.1. The molecule has 1 heterocycles. The molecule has 3 rings (SSSR count). The molecule has 0 saturated carbocycles. The van der Waals surface area contributed by atoms with Gasteiger partial charge in [-0.3, -0.25) is 0 Å². The number of hydrogen-bond donors (Lipinski definition) is 0. The highest BCUT2D eigenvalue weighted by molar-refractivity contribution is 6.32. The average Bonchev–Trinajstić information content (AvgIpc) is 2.87. The molecule has 0 aliphatic heterocycles. The fourth-order valence-corrected chi connectivity index (χ4v) is 2.52. The molecule has 24 heavy (non-hydrogen) atoms. The van der Waals surface area contributed by atoms with Gasteiger partial charge in [-0.25, -0.2) is 9.18 Å². The molecule has 124 valence electrons. The molecule has 0 amide bonds. The molecule has 1 aromatic heterocycles. The lowest BCUT2D eigenvalue weighted by Gasteiger charge is -2.12. The van der Waals surface area contributed by atoms with E-state index in [-0.39, 0.29) is 17.9 Å². The van der Waals surface area contributed by atoms with Crippen molar-refractivity contribution in [2.45, 2.75) is 13.5 Å². The fourth-order valence-electron chi connectivity index (χ4n) is 2.23. The molecule has 6 nitrogen and oxygen atoms in total. The van der Waals surface area contributed by atoms with E-state index in [1.54, 1.807) is 18.2 Å². The van der Waals surface area contributed by atoms with Crippen molar-refractivity contribution in [2.24, 2.45) is 7.05 Å². The van der Waals surface area contributed by atoms with Crippen LogP contribution in [0, 0.1) is 12.7 Å². The Balaban J connectivity index is 1.96. The van der Waals surface area contributed by atoms with Crippen molar-refractivity contribution < 1.29 is 9.13 Å². The van der Waals surface area contributed by atoms with Gasteiger partial charge in [0, 0.05) is 7.05 Å². The third-order valence-corrected chi connectivity index (χ3v) is 3.80. The summed E-state index contributed by atoms with van der Waals surface area (Å²) in [5, 5.41) is 7.81. The van der Waals surface area contributed by atoms with Crippen LogP contribution in [0.5, 0.6) is 5.75 Å². The van der Waals surface area contributed by atoms with Gasteiger partial charge in [-0.05, 0) is 47.2 Å². The van der Waals surface area contributed by atoms with Gasteiger partial charge in [0.05, 0.1) is 16.3 Å². The number of rotatable bonds is 4. The molecule has 0 N–H and O–H groups in total. The normalized spacial score (nSPS) is 10.8. The van der Waals surface area contributed by atoms with Crippen molar-refractivity contribution in [1.82, 2.24) is 19.8 Å². The van der Waals surface area contributed by atoms with Crippen LogP contribution in [0.3, 0.4) is 0 Å². The van der Waals surface area contributed by atoms with Gasteiger partial charge in [-0.15, -0.1) is 0 Å². The van der Waals surface area contributed by atoms with Crippen LogP contribution in [0.15, 0.2) is 41.2 Å². The van der Waals surface area contributed by atoms with Crippen LogP contribution in [0.25, 0.3) is 5.69 Å². The number of aryl methyl sites for hydroxylation is 2. The molecular formula is C16H14ClFN4O2. The monoisotopic (exact) mass is 348 g/mol. The Kier molecular flexibility index (Phi) is 4.35. The standard InChI is InChI=1S/C16H14ClFN4O2/c1-10-6-7-15(12(17)8-10)24-9-11-13(18)4-3-5-14(11)22-16(23)21(2)19-20-22/h3-8H,9H2,1-2H3. The van der Waals surface area contributed by atoms with Crippen molar-refractivity contribution in [1.29, 1.82) is 0 Å². The third-order valence-electron chi connectivity index (χ3n) is 3.50. The highest BCUT2D eigenvalue weighted by Crippen LogP contribution is 2.27. The van der Waals surface area contributed by atoms with Crippen molar-refractivity contribution in [3.63, 3.8) is 0 Å². The Morgan fingerprint density at radius 3 is 2.71 bits per heavy atom. The molecule has 0 spiro atoms. The minimum absolute atomic E-state index is 0.103. The molecule has 8 heteroatoms. The van der Waals surface area contributed by atoms with Crippen LogP contribution in [0.2, 0.25) is 5.02 Å². The second-order valence-corrected chi connectivity index (χ2v) is 5.66. The number of tetrazole rings is 1. The SMILES string of the molecule is Cc1ccc(OCc2c(F)cccc2-n2nnn(C)c2=O)c(Cl)c1. The Morgan fingerprint density at radius 2 is 2.04 bits per heavy atom. The maximum Gasteiger partial charge on any atom is 0.368 e. The second kappa shape index (κ2) is 6.45. The van der Waals surface area contributed by atoms with Gasteiger partial charge in [-0.2, -0.15) is 9.36 Å². The minimum atomic E-state index is -0.506. The predicted molar refractivity (Wildman–Crippen MR) is 87.1 cm³/mol. The zero-order valence-electron chi connectivity index (χ0n) is 13.0. The quantitative estimate of drug-likeness (QED) is 0.727. The second-order valence-electron chi connectivity index (χ2n) is 5.26. The summed E-state index contributed by atoms with van der Waals surface area (Å²) in [6, 6.07) is 9.68. The maximum absolute atomic E-state index is 14.3. The molecule has 0 radical (unpaired) electrons. The smallest absolute Gasteiger partial charge is 0.368 e. The van der Waals surface area contributed by atoms with Crippen LogP contribution >= 0.6 is 11.6 Å². The van der Waals surface area contributed by atoms with Crippen molar-refractivity contribution in [3.05, 3.63) is 68.8 Å². The largest absolute Gasteiger partial charge is 0.487 e. The van der Waals surface area contributed by atoms with E-state index in [9.17, 15) is 9.18 Å². The zero-order chi connectivity index (χ0) is 17.3. The summed E-state index contributed by atoms with van der Waals surface area (Å²) < 4.78 is 22.0. The van der Waals surface area contributed by atoms with E-state index in [1.165, 1.54) is 19.2 Å². The molecule has 3 aromatic rings. The van der Waals surface area contributed by atoms with E-state index in [4.69, 9.17) is 16.3 Å². The maximum atomic E-state index is 14.3. The molecule has 0 fully saturated rings. The van der Waals surface area contributed by atoms with Crippen LogP contribution in [-0.4, -0.2) is 19.8 Å². The van der Waals surface area contributed by atoms with E-state index in [1.807, 2.05) is 13.0 Å². The third kappa shape index (κ3) is 3.03. The first-order chi connectivity index (χ1) is 11.5. The molecule has 0 aliphatic rings. The molecule has 0 unspecified atom stereocenters. The first-order valence-electron chi connectivity index (χ1n) is 7.13. The van der Waals surface area contributed by atoms with Crippen LogP contribution < -0.4 is 10.4 Å². The van der Waals surface area contributed by atoms with Crippen molar-refractivity contribution in [3.8, 4) is 11.4 Å². The summed E-state index contributed by atoms with van der Waals surface area (Å²) in [5.41, 5.74) is 0.980. The van der Waals surface area contributed by atoms with E-state index < -0.39 is 11.5 Å². The highest BCUT2D eigenvalue weighted by Gasteiger charge is 2.15. The van der Waals surface area contributed by atoms with Gasteiger partial charge in [-0.1, -0.05) is 23.7 Å². The number of halogens is 2. The van der Waals surface area contributed by atoms with Gasteiger partial charge in [0.15, 0.2) is 0 Å². The van der Waals surface area contributed by atoms with Crippen molar-refractivity contribution in [2.75, 3.05) is 0 Å². The minimum Gasteiger partial charge on any atom is -0.487 e. The van der Waals surface area contributed by atoms with E-state index in [0.717, 1.165) is 14.9 Å². The van der Waals surface area contributed by atoms with Gasteiger partial charge >= 0.3 is 5.69 Å². The summed E-state index contributed by atoms with van der Waals surface area (Å²) >= 11 is 6.12. The first-order valence-corrected chi connectivity index (χ1v) is 7.51. The Labute approximate surface area is 142 Å². The highest BCUT2D eigenvalue weighted by atomic mass is 35.5. The molecular weight excluding hydrogens is 335 g/mol. The molecule has 2 aromatic carbocycles. The van der Waals surface area contributed by atoms with Gasteiger partial charge in [0.25, 0.3) is 0 Å². The van der Waals surface area contributed by atoms with E-state index >= 15 is 0 Å². The molecule has 0 bridgehead atoms. The lowest BCUT2D eigenvalue weighted by molar-refractivity contribution is 0.299. The van der Waals surface area contributed by atoms with Gasteiger partial charge < -0.3 is 4.74 Å². The molecule has 0 aliphatic carbocycles. The van der Waals surface area contributed by atoms with E-state index in [2.05, 4.69) is 10.4 Å². The summed E-state index contributed by atoms with van der Waals surface area (Å²) in [6.45, 7) is 1.80. The summed E-state index contributed by atoms with van der Waals surface area (Å²) in [4.78, 5) is 12.0. The summed E-state index contributed by atoms with van der Waals surface area (Å²) in [5.74, 6) is -0.0729. The van der Waals surface area contributed by atoms with Crippen molar-refractivity contribution >= 4 is 11.6 Å². The lowest BCUT2D eigenvalue weighted by Crippen LogP contribution is -2.23.